The van der Waals surface area contributed by atoms with Gasteiger partial charge >= 0.3 is 24.0 Å². The fourth-order valence-corrected chi connectivity index (χ4v) is 18.2. The molecule has 1 aromatic carbocycles. The third-order valence-electron chi connectivity index (χ3n) is 17.0. The standard InChI is InChI=1S/C53H87NO14Si2/c1-17-69(18-2,19-3)67-38-29-39-52(31-62-39,65-34(10)55)43-45(64-46(58)35-26-24-23-25-27-35)53(61)30-37(33(9)40(50(53,14)15)41(56)44(57)51(38,43)16)63-47(59)42(68-70(20-4,21-5)22-6)36(28-32(7)8)54-48(60)66-49(11,12)13/h23-27,32,36-39,41-45,56-57,61H,17-22,28-31H2,1-16H3,(H,54,60)/t36-,37+,38+,39-,41+,42?,43+,44+,45+,51-,52+,53-/m1/s1. The van der Waals surface area contributed by atoms with Gasteiger partial charge in [-0.05, 0) is 99.6 Å². The molecule has 70 heavy (non-hydrogen) atoms. The topological polar surface area (TPSA) is 206 Å². The molecule has 1 aromatic rings. The van der Waals surface area contributed by atoms with Crippen LogP contribution in [-0.4, -0.2) is 128 Å². The van der Waals surface area contributed by atoms with Gasteiger partial charge in [0, 0.05) is 30.6 Å². The number of aliphatic hydroxyl groups excluding tert-OH is 2. The number of hydrogen-bond donors (Lipinski definition) is 4. The van der Waals surface area contributed by atoms with Crippen molar-refractivity contribution in [1.29, 1.82) is 0 Å². The summed E-state index contributed by atoms with van der Waals surface area (Å²) in [7, 11) is -5.17. The van der Waals surface area contributed by atoms with Gasteiger partial charge in [-0.25, -0.2) is 14.4 Å². The van der Waals surface area contributed by atoms with Crippen molar-refractivity contribution in [3.05, 3.63) is 47.0 Å². The van der Waals surface area contributed by atoms with Gasteiger partial charge in [-0.3, -0.25) is 4.79 Å². The van der Waals surface area contributed by atoms with Crippen LogP contribution < -0.4 is 5.32 Å². The van der Waals surface area contributed by atoms with E-state index in [9.17, 15) is 29.7 Å². The molecule has 4 aliphatic rings. The van der Waals surface area contributed by atoms with E-state index in [0.717, 1.165) is 18.1 Å². The molecule has 12 atom stereocenters. The zero-order valence-corrected chi connectivity index (χ0v) is 47.1. The highest BCUT2D eigenvalue weighted by Gasteiger charge is 2.78. The Balaban J connectivity index is 1.79. The second-order valence-corrected chi connectivity index (χ2v) is 32.2. The molecule has 0 aromatic heterocycles. The first-order valence-corrected chi connectivity index (χ1v) is 31.0. The van der Waals surface area contributed by atoms with Crippen LogP contribution in [0.15, 0.2) is 41.5 Å². The predicted molar refractivity (Wildman–Crippen MR) is 271 cm³/mol. The Kier molecular flexibility index (Phi) is 17.9. The van der Waals surface area contributed by atoms with Gasteiger partial charge in [-0.1, -0.05) is 94.4 Å². The van der Waals surface area contributed by atoms with Gasteiger partial charge in [0.1, 0.15) is 35.6 Å². The van der Waals surface area contributed by atoms with Crippen LogP contribution in [0.3, 0.4) is 0 Å². The van der Waals surface area contributed by atoms with Crippen molar-refractivity contribution in [3.63, 3.8) is 0 Å². The van der Waals surface area contributed by atoms with Crippen molar-refractivity contribution in [2.45, 2.75) is 232 Å². The average Bonchev–Trinajstić information content (AvgIpc) is 3.28. The van der Waals surface area contributed by atoms with E-state index in [1.54, 1.807) is 78.8 Å². The van der Waals surface area contributed by atoms with Crippen molar-refractivity contribution in [2.75, 3.05) is 6.61 Å². The minimum absolute atomic E-state index is 0.00981. The summed E-state index contributed by atoms with van der Waals surface area (Å²) in [6.45, 7) is 29.7. The van der Waals surface area contributed by atoms with Crippen molar-refractivity contribution in [3.8, 4) is 0 Å². The molecule has 396 valence electrons. The fourth-order valence-electron chi connectivity index (χ4n) is 12.4. The van der Waals surface area contributed by atoms with Gasteiger partial charge in [0.05, 0.1) is 36.3 Å². The van der Waals surface area contributed by atoms with Crippen LogP contribution >= 0.6 is 0 Å². The molecule has 3 fully saturated rings. The summed E-state index contributed by atoms with van der Waals surface area (Å²) in [5, 5.41) is 43.4. The van der Waals surface area contributed by atoms with Crippen LogP contribution in [0.1, 0.15) is 140 Å². The highest BCUT2D eigenvalue weighted by Crippen LogP contribution is 2.66. The SMILES string of the molecule is CC[Si](CC)(CC)OC(C(=O)O[C@H]1C[C@@]2(O)[C@@H](OC(=O)c3ccccc3)[C@@H]3[C@]4(OC(C)=O)CO[C@@H]4C[C@H](O[Si](CC)(CC)CC)[C@@]3(C)[C@@H](O)[C@@H](O)C(=C1C)C2(C)C)[C@@H](CC(C)C)NC(=O)OC(C)(C)C. The van der Waals surface area contributed by atoms with Crippen LogP contribution in [0.25, 0.3) is 0 Å². The molecule has 17 heteroatoms. The van der Waals surface area contributed by atoms with Crippen molar-refractivity contribution in [1.82, 2.24) is 5.32 Å². The predicted octanol–water partition coefficient (Wildman–Crippen LogP) is 8.78. The number of fused-ring (bicyclic) bond motifs is 5. The molecule has 1 unspecified atom stereocenters. The molecule has 1 amide bonds. The van der Waals surface area contributed by atoms with Gasteiger partial charge in [-0.2, -0.15) is 0 Å². The normalized spacial score (nSPS) is 31.7. The van der Waals surface area contributed by atoms with Gasteiger partial charge in [-0.15, -0.1) is 0 Å². The van der Waals surface area contributed by atoms with Gasteiger partial charge < -0.3 is 53.2 Å². The maximum atomic E-state index is 15.3. The molecule has 4 N–H and O–H groups in total. The molecule has 2 bridgehead atoms. The molecule has 15 nitrogen and oxygen atoms in total. The third kappa shape index (κ3) is 10.7. The summed E-state index contributed by atoms with van der Waals surface area (Å²) >= 11 is 0. The van der Waals surface area contributed by atoms with E-state index in [1.807, 2.05) is 34.6 Å². The lowest BCUT2D eigenvalue weighted by Crippen LogP contribution is -2.82. The Morgan fingerprint density at radius 1 is 0.886 bits per heavy atom. The molecule has 0 radical (unpaired) electrons. The molecule has 1 heterocycles. The number of aliphatic hydroxyl groups is 3. The summed E-state index contributed by atoms with van der Waals surface area (Å²) in [6.07, 6.45) is -9.77. The lowest BCUT2D eigenvalue weighted by Gasteiger charge is -2.70. The molecule has 3 aliphatic carbocycles. The summed E-state index contributed by atoms with van der Waals surface area (Å²) < 4.78 is 46.2. The number of carbonyl (C=O) groups excluding carboxylic acids is 4. The summed E-state index contributed by atoms with van der Waals surface area (Å²) in [5.41, 5.74) is -6.93. The Hall–Kier alpha value is -3.17. The molecule has 1 saturated heterocycles. The van der Waals surface area contributed by atoms with E-state index < -0.39 is 123 Å². The maximum Gasteiger partial charge on any atom is 0.407 e. The molecular formula is C53H87NO14Si2. The number of carbonyl (C=O) groups is 4. The minimum Gasteiger partial charge on any atom is -0.456 e. The van der Waals surface area contributed by atoms with E-state index in [2.05, 4.69) is 26.1 Å². The quantitative estimate of drug-likeness (QED) is 0.0443. The van der Waals surface area contributed by atoms with Crippen LogP contribution in [0.2, 0.25) is 36.3 Å². The maximum absolute atomic E-state index is 15.3. The molecule has 5 rings (SSSR count). The first-order chi connectivity index (χ1) is 32.5. The number of hydrogen-bond acceptors (Lipinski definition) is 14. The number of ether oxygens (including phenoxy) is 5. The third-order valence-corrected chi connectivity index (χ3v) is 26.3. The first-order valence-electron chi connectivity index (χ1n) is 26.0. The number of amides is 1. The van der Waals surface area contributed by atoms with Crippen LogP contribution in [0, 0.1) is 22.7 Å². The summed E-state index contributed by atoms with van der Waals surface area (Å²) in [5.74, 6) is -3.50. The molecule has 1 aliphatic heterocycles. The van der Waals surface area contributed by atoms with E-state index >= 15 is 4.79 Å². The minimum atomic E-state index is -2.63. The van der Waals surface area contributed by atoms with Crippen LogP contribution in [0.4, 0.5) is 4.79 Å². The number of rotatable bonds is 19. The highest BCUT2D eigenvalue weighted by molar-refractivity contribution is 6.74. The Labute approximate surface area is 419 Å². The second kappa shape index (κ2) is 21.7. The average molecular weight is 1020 g/mol. The lowest BCUT2D eigenvalue weighted by atomic mass is 9.44. The number of benzene rings is 1. The van der Waals surface area contributed by atoms with E-state index in [0.29, 0.717) is 30.1 Å². The molecule has 2 saturated carbocycles. The van der Waals surface area contributed by atoms with Crippen LogP contribution in [0.5, 0.6) is 0 Å². The number of nitrogens with one attached hydrogen (secondary N) is 1. The Morgan fingerprint density at radius 3 is 1.94 bits per heavy atom. The Bertz CT molecular complexity index is 2030. The molecular weight excluding hydrogens is 931 g/mol. The van der Waals surface area contributed by atoms with Crippen LogP contribution in [-0.2, 0) is 42.1 Å². The summed E-state index contributed by atoms with van der Waals surface area (Å²) in [4.78, 5) is 57.0. The van der Waals surface area contributed by atoms with Gasteiger partial charge in [0.15, 0.2) is 28.3 Å². The number of esters is 3. The zero-order chi connectivity index (χ0) is 52.6. The molecule has 0 spiro atoms. The number of alkyl carbamates (subject to hydrolysis) is 1. The smallest absolute Gasteiger partial charge is 0.407 e. The van der Waals surface area contributed by atoms with Crippen molar-refractivity contribution < 1.29 is 67.0 Å². The lowest BCUT2D eigenvalue weighted by molar-refractivity contribution is -0.363. The monoisotopic (exact) mass is 1020 g/mol. The highest BCUT2D eigenvalue weighted by atomic mass is 28.4. The van der Waals surface area contributed by atoms with Gasteiger partial charge in [0.2, 0.25) is 0 Å². The fraction of sp³-hybridized carbons (Fsp3) is 0.774. The Morgan fingerprint density at radius 2 is 1.46 bits per heavy atom. The van der Waals surface area contributed by atoms with E-state index in [-0.39, 0.29) is 36.5 Å². The second-order valence-electron chi connectivity index (χ2n) is 22.8. The summed E-state index contributed by atoms with van der Waals surface area (Å²) in [6, 6.07) is 11.8. The largest absolute Gasteiger partial charge is 0.456 e. The first kappa shape index (κ1) is 57.7. The van der Waals surface area contributed by atoms with Crippen molar-refractivity contribution >= 4 is 40.6 Å². The van der Waals surface area contributed by atoms with Crippen molar-refractivity contribution in [2.24, 2.45) is 22.7 Å². The van der Waals surface area contributed by atoms with E-state index in [4.69, 9.17) is 32.5 Å². The zero-order valence-electron chi connectivity index (χ0n) is 45.1. The van der Waals surface area contributed by atoms with E-state index in [1.165, 1.54) is 6.92 Å². The van der Waals surface area contributed by atoms with Gasteiger partial charge in [0.25, 0.3) is 0 Å².